The Morgan fingerprint density at radius 2 is 1.56 bits per heavy atom. The number of nitrogens with zero attached hydrogens (tertiary/aromatic N) is 1. The van der Waals surface area contributed by atoms with E-state index in [9.17, 15) is 18.0 Å². The first-order valence-corrected chi connectivity index (χ1v) is 12.5. The lowest BCUT2D eigenvalue weighted by Gasteiger charge is -2.26. The van der Waals surface area contributed by atoms with Gasteiger partial charge in [-0.15, -0.1) is 0 Å². The van der Waals surface area contributed by atoms with Gasteiger partial charge in [0, 0.05) is 34.8 Å². The largest absolute Gasteiger partial charge is 0.379 e. The number of carbonyl (C=O) groups excluding carboxylic acids is 2. The zero-order chi connectivity index (χ0) is 24.3. The van der Waals surface area contributed by atoms with E-state index in [1.54, 1.807) is 30.3 Å². The number of ether oxygens (including phenoxy) is 1. The first kappa shape index (κ1) is 24.4. The standard InChI is InChI=1S/C24H20Cl2N2O5S/c25-17-7-10-22(20(15-17)23(29)19-3-1-2-4-21(19)26)27-24(30)16-5-8-18(9-6-16)34(31,32)28-11-13-33-14-12-28/h1-10,15H,11-14H2,(H,27,30). The summed E-state index contributed by atoms with van der Waals surface area (Å²) >= 11 is 12.3. The molecular formula is C24H20Cl2N2O5S. The van der Waals surface area contributed by atoms with Crippen LogP contribution in [0.1, 0.15) is 26.3 Å². The lowest BCUT2D eigenvalue weighted by Crippen LogP contribution is -2.40. The summed E-state index contributed by atoms with van der Waals surface area (Å²) in [4.78, 5) is 26.1. The van der Waals surface area contributed by atoms with E-state index in [4.69, 9.17) is 27.9 Å². The van der Waals surface area contributed by atoms with Crippen molar-refractivity contribution in [3.8, 4) is 0 Å². The topological polar surface area (TPSA) is 92.8 Å². The van der Waals surface area contributed by atoms with Gasteiger partial charge in [0.15, 0.2) is 5.78 Å². The molecule has 1 heterocycles. The highest BCUT2D eigenvalue weighted by Gasteiger charge is 2.26. The van der Waals surface area contributed by atoms with Crippen LogP contribution in [0.3, 0.4) is 0 Å². The minimum absolute atomic E-state index is 0.0898. The van der Waals surface area contributed by atoms with Crippen LogP contribution in [0.15, 0.2) is 71.6 Å². The number of amides is 1. The summed E-state index contributed by atoms with van der Waals surface area (Å²) in [6.45, 7) is 1.25. The molecule has 7 nitrogen and oxygen atoms in total. The van der Waals surface area contributed by atoms with Crippen LogP contribution in [-0.2, 0) is 14.8 Å². The number of rotatable bonds is 6. The third-order valence-corrected chi connectivity index (χ3v) is 7.79. The summed E-state index contributed by atoms with van der Waals surface area (Å²) in [7, 11) is -3.67. The van der Waals surface area contributed by atoms with Gasteiger partial charge in [-0.05, 0) is 54.6 Å². The molecule has 0 aromatic heterocycles. The fourth-order valence-electron chi connectivity index (χ4n) is 3.51. The molecule has 34 heavy (non-hydrogen) atoms. The summed E-state index contributed by atoms with van der Waals surface area (Å²) in [6, 6.07) is 16.8. The van der Waals surface area contributed by atoms with Gasteiger partial charge in [0.05, 0.1) is 28.8 Å². The van der Waals surface area contributed by atoms with E-state index >= 15 is 0 Å². The van der Waals surface area contributed by atoms with Gasteiger partial charge < -0.3 is 10.1 Å². The van der Waals surface area contributed by atoms with Crippen molar-refractivity contribution in [1.29, 1.82) is 0 Å². The molecule has 1 amide bonds. The van der Waals surface area contributed by atoms with E-state index in [0.29, 0.717) is 18.2 Å². The van der Waals surface area contributed by atoms with Crippen molar-refractivity contribution >= 4 is 50.6 Å². The second-order valence-corrected chi connectivity index (χ2v) is 10.3. The molecule has 176 valence electrons. The monoisotopic (exact) mass is 518 g/mol. The predicted molar refractivity (Wildman–Crippen MR) is 130 cm³/mol. The zero-order valence-electron chi connectivity index (χ0n) is 17.8. The number of hydrogen-bond acceptors (Lipinski definition) is 5. The maximum absolute atomic E-state index is 13.1. The number of sulfonamides is 1. The zero-order valence-corrected chi connectivity index (χ0v) is 20.2. The smallest absolute Gasteiger partial charge is 0.255 e. The van der Waals surface area contributed by atoms with Gasteiger partial charge in [-0.25, -0.2) is 8.42 Å². The van der Waals surface area contributed by atoms with Crippen molar-refractivity contribution < 1.29 is 22.7 Å². The van der Waals surface area contributed by atoms with Gasteiger partial charge >= 0.3 is 0 Å². The molecule has 10 heteroatoms. The molecule has 4 rings (SSSR count). The fourth-order valence-corrected chi connectivity index (χ4v) is 5.31. The number of hydrogen-bond donors (Lipinski definition) is 1. The number of benzene rings is 3. The molecule has 1 N–H and O–H groups in total. The van der Waals surface area contributed by atoms with Gasteiger partial charge in [-0.2, -0.15) is 4.31 Å². The van der Waals surface area contributed by atoms with Crippen LogP contribution in [0.5, 0.6) is 0 Å². The number of ketones is 1. The van der Waals surface area contributed by atoms with Crippen molar-refractivity contribution in [3.05, 3.63) is 93.5 Å². The molecule has 0 bridgehead atoms. The first-order valence-electron chi connectivity index (χ1n) is 10.4. The van der Waals surface area contributed by atoms with Crippen molar-refractivity contribution in [2.45, 2.75) is 4.90 Å². The molecular weight excluding hydrogens is 499 g/mol. The number of anilines is 1. The van der Waals surface area contributed by atoms with E-state index in [1.165, 1.54) is 40.7 Å². The molecule has 1 aliphatic rings. The summed E-state index contributed by atoms with van der Waals surface area (Å²) in [5.74, 6) is -0.902. The molecule has 1 fully saturated rings. The SMILES string of the molecule is O=C(Nc1ccc(Cl)cc1C(=O)c1ccccc1Cl)c1ccc(S(=O)(=O)N2CCOCC2)cc1. The van der Waals surface area contributed by atoms with Gasteiger partial charge in [0.25, 0.3) is 5.91 Å². The van der Waals surface area contributed by atoms with Gasteiger partial charge in [-0.1, -0.05) is 35.3 Å². The Morgan fingerprint density at radius 1 is 0.882 bits per heavy atom. The Hall–Kier alpha value is -2.75. The van der Waals surface area contributed by atoms with Crippen LogP contribution in [0.2, 0.25) is 10.0 Å². The molecule has 0 saturated carbocycles. The normalized spacial score (nSPS) is 14.5. The van der Waals surface area contributed by atoms with Gasteiger partial charge in [-0.3, -0.25) is 9.59 Å². The van der Waals surface area contributed by atoms with Gasteiger partial charge in [0.2, 0.25) is 10.0 Å². The van der Waals surface area contributed by atoms with Crippen molar-refractivity contribution in [2.24, 2.45) is 0 Å². The second-order valence-electron chi connectivity index (χ2n) is 7.49. The van der Waals surface area contributed by atoms with Crippen molar-refractivity contribution in [2.75, 3.05) is 31.6 Å². The molecule has 0 aliphatic carbocycles. The summed E-state index contributed by atoms with van der Waals surface area (Å²) in [5.41, 5.74) is 0.941. The number of halogens is 2. The average Bonchev–Trinajstić information content (AvgIpc) is 2.85. The highest BCUT2D eigenvalue weighted by molar-refractivity contribution is 7.89. The molecule has 1 saturated heterocycles. The van der Waals surface area contributed by atoms with E-state index in [0.717, 1.165) is 0 Å². The maximum atomic E-state index is 13.1. The molecule has 0 spiro atoms. The van der Waals surface area contributed by atoms with Crippen LogP contribution in [0, 0.1) is 0 Å². The van der Waals surface area contributed by atoms with Crippen molar-refractivity contribution in [1.82, 2.24) is 4.31 Å². The Morgan fingerprint density at radius 3 is 2.24 bits per heavy atom. The third-order valence-electron chi connectivity index (χ3n) is 5.32. The quantitative estimate of drug-likeness (QED) is 0.485. The van der Waals surface area contributed by atoms with E-state index in [2.05, 4.69) is 5.32 Å². The molecule has 3 aromatic carbocycles. The predicted octanol–water partition coefficient (Wildman–Crippen LogP) is 4.50. The van der Waals surface area contributed by atoms with Crippen LogP contribution in [0.4, 0.5) is 5.69 Å². The van der Waals surface area contributed by atoms with Crippen LogP contribution in [0.25, 0.3) is 0 Å². The third kappa shape index (κ3) is 5.16. The molecule has 1 aliphatic heterocycles. The highest BCUT2D eigenvalue weighted by atomic mass is 35.5. The lowest BCUT2D eigenvalue weighted by molar-refractivity contribution is 0.0730. The molecule has 0 unspecified atom stereocenters. The van der Waals surface area contributed by atoms with Crippen LogP contribution >= 0.6 is 23.2 Å². The number of morpholine rings is 1. The van der Waals surface area contributed by atoms with E-state index < -0.39 is 21.7 Å². The van der Waals surface area contributed by atoms with Crippen molar-refractivity contribution in [3.63, 3.8) is 0 Å². The van der Waals surface area contributed by atoms with Crippen LogP contribution in [-0.4, -0.2) is 50.7 Å². The lowest BCUT2D eigenvalue weighted by atomic mass is 10.0. The Kier molecular flexibility index (Phi) is 7.35. The Bertz CT molecular complexity index is 1340. The number of nitrogens with one attached hydrogen (secondary N) is 1. The minimum Gasteiger partial charge on any atom is -0.379 e. The summed E-state index contributed by atoms with van der Waals surface area (Å²) in [6.07, 6.45) is 0. The summed E-state index contributed by atoms with van der Waals surface area (Å²) < 4.78 is 32.1. The minimum atomic E-state index is -3.67. The maximum Gasteiger partial charge on any atom is 0.255 e. The highest BCUT2D eigenvalue weighted by Crippen LogP contribution is 2.27. The summed E-state index contributed by atoms with van der Waals surface area (Å²) in [5, 5.41) is 3.31. The van der Waals surface area contributed by atoms with E-state index in [1.807, 2.05) is 0 Å². The number of carbonyl (C=O) groups is 2. The van der Waals surface area contributed by atoms with Crippen LogP contribution < -0.4 is 5.32 Å². The fraction of sp³-hybridized carbons (Fsp3) is 0.167. The Labute approximate surface area is 207 Å². The second kappa shape index (κ2) is 10.2. The average molecular weight is 519 g/mol. The van der Waals surface area contributed by atoms with Gasteiger partial charge in [0.1, 0.15) is 0 Å². The molecule has 0 atom stereocenters. The molecule has 3 aromatic rings. The molecule has 0 radical (unpaired) electrons. The Balaban J connectivity index is 1.56. The first-order chi connectivity index (χ1) is 16.3. The van der Waals surface area contributed by atoms with E-state index in [-0.39, 0.29) is 45.4 Å².